The number of carbonyl (C=O) groups excluding carboxylic acids is 1. The number of benzene rings is 1. The Hall–Kier alpha value is -2.22. The van der Waals surface area contributed by atoms with Gasteiger partial charge in [-0.2, -0.15) is 5.26 Å². The summed E-state index contributed by atoms with van der Waals surface area (Å²) in [5, 5.41) is 10.1. The van der Waals surface area contributed by atoms with Gasteiger partial charge in [0.1, 0.15) is 23.2 Å². The van der Waals surface area contributed by atoms with Crippen LogP contribution in [0.2, 0.25) is 10.0 Å². The molecule has 0 unspecified atom stereocenters. The molecule has 0 aliphatic rings. The van der Waals surface area contributed by atoms with Gasteiger partial charge >= 0.3 is 5.97 Å². The van der Waals surface area contributed by atoms with Gasteiger partial charge in [-0.05, 0) is 43.7 Å². The molecule has 0 bridgehead atoms. The highest BCUT2D eigenvalue weighted by Gasteiger charge is 2.15. The molecule has 0 aliphatic heterocycles. The minimum absolute atomic E-state index is 0.126. The zero-order chi connectivity index (χ0) is 17.7. The Morgan fingerprint density at radius 1 is 1.38 bits per heavy atom. The van der Waals surface area contributed by atoms with Crippen LogP contribution in [-0.4, -0.2) is 12.1 Å². The second kappa shape index (κ2) is 8.05. The zero-order valence-corrected chi connectivity index (χ0v) is 14.7. The van der Waals surface area contributed by atoms with E-state index in [1.807, 2.05) is 13.0 Å². The molecule has 24 heavy (non-hydrogen) atoms. The number of nitriles is 1. The lowest BCUT2D eigenvalue weighted by Gasteiger charge is -2.09. The third-order valence-electron chi connectivity index (χ3n) is 3.33. The van der Waals surface area contributed by atoms with Crippen LogP contribution in [0.4, 0.5) is 0 Å². The van der Waals surface area contributed by atoms with Crippen molar-refractivity contribution in [3.8, 4) is 17.4 Å². The topological polar surface area (TPSA) is 63.2 Å². The molecule has 0 radical (unpaired) electrons. The number of hydrogen-bond acceptors (Lipinski definition) is 4. The monoisotopic (exact) mass is 363 g/mol. The van der Waals surface area contributed by atoms with Gasteiger partial charge in [-0.3, -0.25) is 0 Å². The van der Waals surface area contributed by atoms with Crippen molar-refractivity contribution < 1.29 is 13.9 Å². The second-order valence-corrected chi connectivity index (χ2v) is 5.96. The lowest BCUT2D eigenvalue weighted by Crippen LogP contribution is -2.15. The summed E-state index contributed by atoms with van der Waals surface area (Å²) in [6.07, 6.45) is 1.76. The van der Waals surface area contributed by atoms with Crippen LogP contribution in [0.3, 0.4) is 0 Å². The number of nitrogens with zero attached hydrogens (tertiary/aromatic N) is 1. The summed E-state index contributed by atoms with van der Waals surface area (Å²) in [7, 11) is 0. The van der Waals surface area contributed by atoms with Gasteiger partial charge in [0.15, 0.2) is 0 Å². The molecule has 0 aliphatic carbocycles. The van der Waals surface area contributed by atoms with Crippen molar-refractivity contribution in [3.05, 3.63) is 51.7 Å². The summed E-state index contributed by atoms with van der Waals surface area (Å²) in [4.78, 5) is 11.9. The summed E-state index contributed by atoms with van der Waals surface area (Å²) in [6.45, 7) is 3.66. The van der Waals surface area contributed by atoms with Gasteiger partial charge in [-0.1, -0.05) is 30.1 Å². The number of rotatable bonds is 5. The van der Waals surface area contributed by atoms with Crippen LogP contribution in [0.1, 0.15) is 26.0 Å². The van der Waals surface area contributed by atoms with Gasteiger partial charge in [0.25, 0.3) is 0 Å². The van der Waals surface area contributed by atoms with Crippen molar-refractivity contribution in [1.29, 1.82) is 5.26 Å². The van der Waals surface area contributed by atoms with Crippen LogP contribution in [0, 0.1) is 11.3 Å². The highest BCUT2D eigenvalue weighted by molar-refractivity contribution is 6.36. The highest BCUT2D eigenvalue weighted by atomic mass is 35.5. The summed E-state index contributed by atoms with van der Waals surface area (Å²) < 4.78 is 10.8. The number of esters is 1. The van der Waals surface area contributed by atoms with Gasteiger partial charge in [-0.25, -0.2) is 4.79 Å². The van der Waals surface area contributed by atoms with Crippen molar-refractivity contribution >= 4 is 35.2 Å². The van der Waals surface area contributed by atoms with E-state index in [0.717, 1.165) is 0 Å². The summed E-state index contributed by atoms with van der Waals surface area (Å²) in [6, 6.07) is 10.2. The van der Waals surface area contributed by atoms with Crippen LogP contribution in [0.15, 0.2) is 40.3 Å². The first kappa shape index (κ1) is 18.1. The summed E-state index contributed by atoms with van der Waals surface area (Å²) in [5.74, 6) is 0.193. The first-order valence-corrected chi connectivity index (χ1v) is 8.08. The molecule has 0 fully saturated rings. The Kier molecular flexibility index (Phi) is 6.08. The highest BCUT2D eigenvalue weighted by Crippen LogP contribution is 2.32. The molecule has 0 saturated carbocycles. The maximum absolute atomic E-state index is 11.9. The molecule has 0 spiro atoms. The average Bonchev–Trinajstić information content (AvgIpc) is 3.00. The van der Waals surface area contributed by atoms with E-state index in [-0.39, 0.29) is 11.7 Å². The fraction of sp³-hybridized carbons (Fsp3) is 0.222. The van der Waals surface area contributed by atoms with Gasteiger partial charge in [-0.15, -0.1) is 0 Å². The molecule has 2 aromatic rings. The molecule has 4 nitrogen and oxygen atoms in total. The number of halogens is 2. The van der Waals surface area contributed by atoms with E-state index in [1.165, 1.54) is 6.08 Å². The lowest BCUT2D eigenvalue weighted by atomic mass is 10.2. The Morgan fingerprint density at radius 3 is 2.75 bits per heavy atom. The number of carbonyl (C=O) groups is 1. The summed E-state index contributed by atoms with van der Waals surface area (Å²) in [5.41, 5.74) is 0.541. The standard InChI is InChI=1S/C18H15Cl2NO3/c1-3-11(2)23-18(22)12(10-21)8-14-5-7-17(24-14)15-6-4-13(19)9-16(15)20/h4-9,11H,3H2,1-2H3/b12-8-/t11-/m0/s1. The molecule has 0 N–H and O–H groups in total. The molecular weight excluding hydrogens is 349 g/mol. The van der Waals surface area contributed by atoms with E-state index >= 15 is 0 Å². The molecule has 0 saturated heterocycles. The Bertz CT molecular complexity index is 818. The van der Waals surface area contributed by atoms with Crippen molar-refractivity contribution in [1.82, 2.24) is 0 Å². The molecule has 1 aromatic heterocycles. The third kappa shape index (κ3) is 4.41. The second-order valence-electron chi connectivity index (χ2n) is 5.12. The molecule has 1 aromatic carbocycles. The number of furan rings is 1. The minimum Gasteiger partial charge on any atom is -0.459 e. The van der Waals surface area contributed by atoms with Crippen LogP contribution in [-0.2, 0) is 9.53 Å². The largest absolute Gasteiger partial charge is 0.459 e. The van der Waals surface area contributed by atoms with E-state index in [2.05, 4.69) is 0 Å². The third-order valence-corrected chi connectivity index (χ3v) is 3.88. The zero-order valence-electron chi connectivity index (χ0n) is 13.2. The van der Waals surface area contributed by atoms with Crippen LogP contribution in [0.5, 0.6) is 0 Å². The molecule has 1 heterocycles. The first-order chi connectivity index (χ1) is 11.4. The lowest BCUT2D eigenvalue weighted by molar-refractivity contribution is -0.142. The van der Waals surface area contributed by atoms with Crippen molar-refractivity contribution in [2.24, 2.45) is 0 Å². The van der Waals surface area contributed by atoms with Crippen LogP contribution < -0.4 is 0 Å². The molecule has 6 heteroatoms. The van der Waals surface area contributed by atoms with E-state index in [1.54, 1.807) is 37.3 Å². The molecule has 124 valence electrons. The predicted molar refractivity (Wildman–Crippen MR) is 93.6 cm³/mol. The van der Waals surface area contributed by atoms with Gasteiger partial charge in [0.2, 0.25) is 0 Å². The van der Waals surface area contributed by atoms with Crippen molar-refractivity contribution in [2.45, 2.75) is 26.4 Å². The number of ether oxygens (including phenoxy) is 1. The molecule has 1 atom stereocenters. The van der Waals surface area contributed by atoms with Gasteiger partial charge in [0.05, 0.1) is 11.1 Å². The fourth-order valence-electron chi connectivity index (χ4n) is 1.87. The minimum atomic E-state index is -0.672. The maximum Gasteiger partial charge on any atom is 0.349 e. The average molecular weight is 364 g/mol. The van der Waals surface area contributed by atoms with E-state index in [0.29, 0.717) is 33.6 Å². The SMILES string of the molecule is CC[C@H](C)OC(=O)/C(C#N)=C\c1ccc(-c2ccc(Cl)cc2Cl)o1. The van der Waals surface area contributed by atoms with E-state index in [9.17, 15) is 4.79 Å². The predicted octanol–water partition coefficient (Wildman–Crippen LogP) is 5.50. The summed E-state index contributed by atoms with van der Waals surface area (Å²) >= 11 is 12.0. The van der Waals surface area contributed by atoms with Gasteiger partial charge in [0, 0.05) is 16.7 Å². The maximum atomic E-state index is 11.9. The van der Waals surface area contributed by atoms with E-state index in [4.69, 9.17) is 37.6 Å². The Morgan fingerprint density at radius 2 is 2.12 bits per heavy atom. The normalized spacial score (nSPS) is 12.5. The molecule has 0 amide bonds. The first-order valence-electron chi connectivity index (χ1n) is 7.32. The fourth-order valence-corrected chi connectivity index (χ4v) is 2.37. The molecular formula is C18H15Cl2NO3. The van der Waals surface area contributed by atoms with E-state index < -0.39 is 5.97 Å². The number of hydrogen-bond donors (Lipinski definition) is 0. The van der Waals surface area contributed by atoms with Crippen molar-refractivity contribution in [3.63, 3.8) is 0 Å². The Labute approximate surface area is 150 Å². The Balaban J connectivity index is 2.26. The van der Waals surface area contributed by atoms with Gasteiger partial charge < -0.3 is 9.15 Å². The quantitative estimate of drug-likeness (QED) is 0.399. The smallest absolute Gasteiger partial charge is 0.349 e. The van der Waals surface area contributed by atoms with Crippen molar-refractivity contribution in [2.75, 3.05) is 0 Å². The van der Waals surface area contributed by atoms with Crippen LogP contribution >= 0.6 is 23.2 Å². The molecule has 2 rings (SSSR count). The van der Waals surface area contributed by atoms with Crippen LogP contribution in [0.25, 0.3) is 17.4 Å².